The number of primary amides is 1. The zero-order valence-electron chi connectivity index (χ0n) is 17.6. The van der Waals surface area contributed by atoms with Crippen LogP contribution in [-0.2, 0) is 17.6 Å². The summed E-state index contributed by atoms with van der Waals surface area (Å²) in [7, 11) is 0. The first-order valence-electron chi connectivity index (χ1n) is 10.2. The Morgan fingerprint density at radius 3 is 2.81 bits per heavy atom. The van der Waals surface area contributed by atoms with E-state index >= 15 is 0 Å². The molecule has 31 heavy (non-hydrogen) atoms. The van der Waals surface area contributed by atoms with Gasteiger partial charge in [-0.3, -0.25) is 19.5 Å². The van der Waals surface area contributed by atoms with Gasteiger partial charge in [0, 0.05) is 4.88 Å². The highest BCUT2D eigenvalue weighted by Gasteiger charge is 2.27. The van der Waals surface area contributed by atoms with Crippen molar-refractivity contribution < 1.29 is 9.59 Å². The lowest BCUT2D eigenvalue weighted by molar-refractivity contribution is -0.119. The van der Waals surface area contributed by atoms with Crippen molar-refractivity contribution in [2.45, 2.75) is 50.4 Å². The maximum Gasteiger partial charge on any atom is 0.318 e. The normalized spacial score (nSPS) is 16.7. The molecule has 2 atom stereocenters. The molecule has 0 radical (unpaired) electrons. The summed E-state index contributed by atoms with van der Waals surface area (Å²) >= 11 is 2.71. The number of hydrogen-bond acceptors (Lipinski definition) is 6. The fraction of sp³-hybridized carbons (Fsp3) is 0.364. The van der Waals surface area contributed by atoms with Crippen LogP contribution in [0.2, 0.25) is 0 Å². The van der Waals surface area contributed by atoms with Crippen LogP contribution in [-0.4, -0.2) is 26.7 Å². The van der Waals surface area contributed by atoms with Crippen LogP contribution in [0, 0.1) is 12.8 Å². The number of para-hydroxylation sites is 1. The van der Waals surface area contributed by atoms with Crippen molar-refractivity contribution in [3.8, 4) is 5.69 Å². The minimum Gasteiger partial charge on any atom is -0.351 e. The predicted molar refractivity (Wildman–Crippen MR) is 124 cm³/mol. The topological polar surface area (TPSA) is 107 Å². The first kappa shape index (κ1) is 21.6. The third kappa shape index (κ3) is 4.12. The van der Waals surface area contributed by atoms with Crippen LogP contribution in [0.4, 0.5) is 4.79 Å². The molecule has 0 saturated heterocycles. The van der Waals surface area contributed by atoms with E-state index in [1.807, 2.05) is 31.2 Å². The molecule has 1 aromatic carbocycles. The third-order valence-corrected chi connectivity index (χ3v) is 7.75. The van der Waals surface area contributed by atoms with Crippen molar-refractivity contribution in [3.63, 3.8) is 0 Å². The van der Waals surface area contributed by atoms with Gasteiger partial charge in [-0.25, -0.2) is 9.78 Å². The highest BCUT2D eigenvalue weighted by atomic mass is 32.2. The Balaban J connectivity index is 1.91. The Labute approximate surface area is 188 Å². The molecule has 4 rings (SSSR count). The average Bonchev–Trinajstić information content (AvgIpc) is 3.06. The zero-order valence-corrected chi connectivity index (χ0v) is 19.2. The Bertz CT molecular complexity index is 1250. The summed E-state index contributed by atoms with van der Waals surface area (Å²) in [5.41, 5.74) is 7.75. The summed E-state index contributed by atoms with van der Waals surface area (Å²) < 4.78 is 1.60. The molecule has 1 aliphatic carbocycles. The van der Waals surface area contributed by atoms with Crippen LogP contribution in [0.5, 0.6) is 0 Å². The number of urea groups is 1. The number of carbonyl (C=O) groups is 2. The summed E-state index contributed by atoms with van der Waals surface area (Å²) in [5, 5.41) is 2.54. The predicted octanol–water partition coefficient (Wildman–Crippen LogP) is 3.56. The zero-order chi connectivity index (χ0) is 22.3. The van der Waals surface area contributed by atoms with Gasteiger partial charge in [-0.2, -0.15) is 0 Å². The molecule has 9 heteroatoms. The lowest BCUT2D eigenvalue weighted by Crippen LogP contribution is -2.39. The molecule has 0 unspecified atom stereocenters. The molecular formula is C22H24N4O3S2. The minimum absolute atomic E-state index is 0.114. The van der Waals surface area contributed by atoms with Gasteiger partial charge < -0.3 is 5.73 Å². The van der Waals surface area contributed by atoms with Crippen LogP contribution in [0.15, 0.2) is 34.2 Å². The maximum absolute atomic E-state index is 13.8. The van der Waals surface area contributed by atoms with Gasteiger partial charge in [-0.15, -0.1) is 11.3 Å². The molecule has 1 aliphatic rings. The van der Waals surface area contributed by atoms with Crippen LogP contribution >= 0.6 is 23.1 Å². The molecule has 0 aliphatic heterocycles. The van der Waals surface area contributed by atoms with Gasteiger partial charge in [0.25, 0.3) is 5.56 Å². The molecule has 0 bridgehead atoms. The maximum atomic E-state index is 13.8. The van der Waals surface area contributed by atoms with E-state index in [1.165, 1.54) is 4.88 Å². The number of hydrogen-bond donors (Lipinski definition) is 2. The van der Waals surface area contributed by atoms with Crippen LogP contribution in [0.25, 0.3) is 15.9 Å². The van der Waals surface area contributed by atoms with Crippen LogP contribution in [0.1, 0.15) is 36.3 Å². The summed E-state index contributed by atoms with van der Waals surface area (Å²) in [5.74, 6) is 0.0630. The summed E-state index contributed by atoms with van der Waals surface area (Å²) in [6, 6.07) is 6.70. The number of aryl methyl sites for hydroxylation is 2. The van der Waals surface area contributed by atoms with Crippen molar-refractivity contribution >= 4 is 45.3 Å². The van der Waals surface area contributed by atoms with E-state index in [0.29, 0.717) is 21.3 Å². The number of benzene rings is 1. The molecule has 7 nitrogen and oxygen atoms in total. The van der Waals surface area contributed by atoms with Gasteiger partial charge in [0.05, 0.1) is 16.3 Å². The van der Waals surface area contributed by atoms with E-state index in [4.69, 9.17) is 10.7 Å². The van der Waals surface area contributed by atoms with Gasteiger partial charge in [0.1, 0.15) is 4.83 Å². The van der Waals surface area contributed by atoms with Crippen molar-refractivity contribution in [2.75, 3.05) is 0 Å². The largest absolute Gasteiger partial charge is 0.351 e. The summed E-state index contributed by atoms with van der Waals surface area (Å²) in [4.78, 5) is 43.9. The standard InChI is InChI=1S/C22H24N4O3S2/c1-11-8-9-14-16(10-11)31-19-17(14)20(28)26(15-7-5-4-6-12(15)2)22(25-19)30-13(3)18(27)24-21(23)29/h4-7,11,13H,8-10H2,1-3H3,(H3,23,24,27,29)/t11-,13-/m0/s1. The lowest BCUT2D eigenvalue weighted by atomic mass is 9.89. The van der Waals surface area contributed by atoms with Gasteiger partial charge in [-0.05, 0) is 56.2 Å². The first-order chi connectivity index (χ1) is 14.8. The van der Waals surface area contributed by atoms with E-state index < -0.39 is 17.2 Å². The lowest BCUT2D eigenvalue weighted by Gasteiger charge is -2.18. The van der Waals surface area contributed by atoms with E-state index in [-0.39, 0.29) is 5.56 Å². The molecule has 2 aromatic heterocycles. The average molecular weight is 457 g/mol. The molecule has 3 amide bonds. The SMILES string of the molecule is Cc1ccccc1-n1c(S[C@@H](C)C(=O)NC(N)=O)nc2sc3c(c2c1=O)CC[C@H](C)C3. The number of imide groups is 1. The molecule has 162 valence electrons. The molecule has 0 spiro atoms. The fourth-order valence-corrected chi connectivity index (χ4v) is 6.26. The highest BCUT2D eigenvalue weighted by Crippen LogP contribution is 2.37. The molecule has 3 aromatic rings. The molecular weight excluding hydrogens is 432 g/mol. The fourth-order valence-electron chi connectivity index (χ4n) is 3.91. The van der Waals surface area contributed by atoms with Crippen LogP contribution < -0.4 is 16.6 Å². The molecule has 0 fully saturated rings. The second-order valence-electron chi connectivity index (χ2n) is 7.97. The number of thioether (sulfide) groups is 1. The van der Waals surface area contributed by atoms with Crippen molar-refractivity contribution in [1.29, 1.82) is 0 Å². The molecule has 3 N–H and O–H groups in total. The number of amides is 3. The van der Waals surface area contributed by atoms with Gasteiger partial charge in [-0.1, -0.05) is 36.9 Å². The van der Waals surface area contributed by atoms with Gasteiger partial charge in [0.2, 0.25) is 5.91 Å². The number of carbonyl (C=O) groups excluding carboxylic acids is 2. The second-order valence-corrected chi connectivity index (χ2v) is 10.4. The Morgan fingerprint density at radius 2 is 2.10 bits per heavy atom. The van der Waals surface area contributed by atoms with E-state index in [1.54, 1.807) is 22.8 Å². The minimum atomic E-state index is -0.905. The number of nitrogens with two attached hydrogens (primary N) is 1. The number of thiophene rings is 1. The quantitative estimate of drug-likeness (QED) is 0.461. The van der Waals surface area contributed by atoms with Gasteiger partial charge in [0.15, 0.2) is 5.16 Å². The van der Waals surface area contributed by atoms with E-state index in [0.717, 1.165) is 47.8 Å². The van der Waals surface area contributed by atoms with E-state index in [2.05, 4.69) is 12.2 Å². The van der Waals surface area contributed by atoms with Crippen molar-refractivity contribution in [3.05, 3.63) is 50.6 Å². The number of aromatic nitrogens is 2. The molecule has 2 heterocycles. The number of nitrogens with one attached hydrogen (secondary N) is 1. The Hall–Kier alpha value is -2.65. The second kappa shape index (κ2) is 8.47. The summed E-state index contributed by atoms with van der Waals surface area (Å²) in [6.07, 6.45) is 2.90. The highest BCUT2D eigenvalue weighted by molar-refractivity contribution is 8.00. The number of rotatable bonds is 4. The van der Waals surface area contributed by atoms with Gasteiger partial charge >= 0.3 is 6.03 Å². The first-order valence-corrected chi connectivity index (χ1v) is 11.9. The number of nitrogens with zero attached hydrogens (tertiary/aromatic N) is 2. The summed E-state index contributed by atoms with van der Waals surface area (Å²) in [6.45, 7) is 5.82. The molecule has 0 saturated carbocycles. The van der Waals surface area contributed by atoms with Crippen molar-refractivity contribution in [1.82, 2.24) is 14.9 Å². The Kier molecular flexibility index (Phi) is 5.90. The van der Waals surface area contributed by atoms with Crippen LogP contribution in [0.3, 0.4) is 0 Å². The third-order valence-electron chi connectivity index (χ3n) is 5.55. The van der Waals surface area contributed by atoms with Crippen molar-refractivity contribution in [2.24, 2.45) is 11.7 Å². The van der Waals surface area contributed by atoms with E-state index in [9.17, 15) is 14.4 Å². The smallest absolute Gasteiger partial charge is 0.318 e. The number of fused-ring (bicyclic) bond motifs is 3. The Morgan fingerprint density at radius 1 is 1.35 bits per heavy atom. The monoisotopic (exact) mass is 456 g/mol.